The maximum absolute atomic E-state index is 11.7. The fourth-order valence-electron chi connectivity index (χ4n) is 1.55. The van der Waals surface area contributed by atoms with Crippen LogP contribution in [-0.4, -0.2) is 40.6 Å². The summed E-state index contributed by atoms with van der Waals surface area (Å²) in [5.74, 6) is -1.06. The van der Waals surface area contributed by atoms with Crippen molar-refractivity contribution in [2.45, 2.75) is 6.92 Å². The van der Waals surface area contributed by atoms with Gasteiger partial charge in [0.25, 0.3) is 0 Å². The molecule has 0 spiro atoms. The van der Waals surface area contributed by atoms with Gasteiger partial charge >= 0.3 is 12.0 Å². The first-order valence-electron chi connectivity index (χ1n) is 5.57. The Labute approximate surface area is 113 Å². The third kappa shape index (κ3) is 3.19. The van der Waals surface area contributed by atoms with Crippen LogP contribution in [0.4, 0.5) is 9.93 Å². The number of rotatable bonds is 3. The van der Waals surface area contributed by atoms with Gasteiger partial charge in [0.2, 0.25) is 0 Å². The number of thiazole rings is 1. The van der Waals surface area contributed by atoms with E-state index >= 15 is 0 Å². The van der Waals surface area contributed by atoms with Gasteiger partial charge in [0.05, 0.1) is 10.2 Å². The lowest BCUT2D eigenvalue weighted by Crippen LogP contribution is -2.35. The first-order valence-corrected chi connectivity index (χ1v) is 6.38. The van der Waals surface area contributed by atoms with Gasteiger partial charge in [-0.1, -0.05) is 17.4 Å². The maximum atomic E-state index is 11.7. The van der Waals surface area contributed by atoms with Crippen molar-refractivity contribution in [1.82, 2.24) is 9.88 Å². The van der Waals surface area contributed by atoms with Crippen molar-refractivity contribution in [1.29, 1.82) is 0 Å². The molecule has 2 N–H and O–H groups in total. The summed E-state index contributed by atoms with van der Waals surface area (Å²) in [6.07, 6.45) is 0. The van der Waals surface area contributed by atoms with Crippen molar-refractivity contribution in [3.05, 3.63) is 23.8 Å². The minimum absolute atomic E-state index is 0.351. The predicted molar refractivity (Wildman–Crippen MR) is 73.6 cm³/mol. The van der Waals surface area contributed by atoms with Crippen LogP contribution in [0.15, 0.2) is 18.2 Å². The number of carbonyl (C=O) groups is 2. The third-order valence-electron chi connectivity index (χ3n) is 2.48. The molecular weight excluding hydrogens is 266 g/mol. The normalized spacial score (nSPS) is 10.4. The van der Waals surface area contributed by atoms with Gasteiger partial charge in [-0.2, -0.15) is 0 Å². The smallest absolute Gasteiger partial charge is 0.323 e. The van der Waals surface area contributed by atoms with E-state index in [0.29, 0.717) is 5.13 Å². The van der Waals surface area contributed by atoms with Crippen LogP contribution in [0.1, 0.15) is 5.56 Å². The molecule has 1 heterocycles. The van der Waals surface area contributed by atoms with E-state index < -0.39 is 12.0 Å². The number of hydrogen-bond donors (Lipinski definition) is 2. The molecule has 0 aliphatic rings. The van der Waals surface area contributed by atoms with Gasteiger partial charge in [0, 0.05) is 7.05 Å². The number of aliphatic carboxylic acids is 1. The van der Waals surface area contributed by atoms with E-state index in [1.165, 1.54) is 18.4 Å². The molecule has 100 valence electrons. The summed E-state index contributed by atoms with van der Waals surface area (Å²) in [7, 11) is 1.42. The van der Waals surface area contributed by atoms with Crippen molar-refractivity contribution >= 4 is 38.7 Å². The largest absolute Gasteiger partial charge is 0.480 e. The van der Waals surface area contributed by atoms with Gasteiger partial charge in [-0.3, -0.25) is 10.1 Å². The number of carboxylic acids is 1. The number of likely N-dealkylation sites (N-methyl/N-ethyl adjacent to an activating group) is 1. The second-order valence-corrected chi connectivity index (χ2v) is 5.20. The second kappa shape index (κ2) is 5.23. The van der Waals surface area contributed by atoms with Gasteiger partial charge in [-0.25, -0.2) is 9.78 Å². The maximum Gasteiger partial charge on any atom is 0.323 e. The van der Waals surface area contributed by atoms with Crippen LogP contribution in [0.3, 0.4) is 0 Å². The van der Waals surface area contributed by atoms with Gasteiger partial charge in [-0.05, 0) is 24.6 Å². The highest BCUT2D eigenvalue weighted by Crippen LogP contribution is 2.26. The second-order valence-electron chi connectivity index (χ2n) is 4.17. The van der Waals surface area contributed by atoms with Crippen LogP contribution in [-0.2, 0) is 4.79 Å². The first-order chi connectivity index (χ1) is 8.95. The summed E-state index contributed by atoms with van der Waals surface area (Å²) in [5.41, 5.74) is 1.93. The molecule has 0 atom stereocenters. The van der Waals surface area contributed by atoms with E-state index in [2.05, 4.69) is 10.3 Å². The predicted octanol–water partition coefficient (Wildman–Crippen LogP) is 2.15. The molecule has 7 heteroatoms. The Morgan fingerprint density at radius 1 is 1.47 bits per heavy atom. The van der Waals surface area contributed by atoms with Crippen LogP contribution in [0.25, 0.3) is 10.2 Å². The molecule has 2 amide bonds. The van der Waals surface area contributed by atoms with Crippen LogP contribution >= 0.6 is 11.3 Å². The Hall–Kier alpha value is -2.15. The van der Waals surface area contributed by atoms with Crippen LogP contribution < -0.4 is 5.32 Å². The first kappa shape index (κ1) is 13.3. The summed E-state index contributed by atoms with van der Waals surface area (Å²) in [4.78, 5) is 27.6. The number of carbonyl (C=O) groups excluding carboxylic acids is 1. The summed E-state index contributed by atoms with van der Waals surface area (Å²) < 4.78 is 0.983. The van der Waals surface area contributed by atoms with Crippen LogP contribution in [0.5, 0.6) is 0 Å². The lowest BCUT2D eigenvalue weighted by atomic mass is 10.2. The van der Waals surface area contributed by atoms with Crippen molar-refractivity contribution in [3.63, 3.8) is 0 Å². The highest BCUT2D eigenvalue weighted by atomic mass is 32.1. The highest BCUT2D eigenvalue weighted by molar-refractivity contribution is 7.22. The number of nitrogens with one attached hydrogen (secondary N) is 1. The Morgan fingerprint density at radius 2 is 2.21 bits per heavy atom. The standard InChI is InChI=1S/C12H13N3O3S/c1-7-3-4-8-9(5-7)19-11(13-8)14-12(18)15(2)6-10(16)17/h3-5H,6H2,1-2H3,(H,16,17)(H,13,14,18). The van der Waals surface area contributed by atoms with Crippen molar-refractivity contribution in [2.24, 2.45) is 0 Å². The molecule has 2 rings (SSSR count). The molecule has 0 saturated carbocycles. The summed E-state index contributed by atoms with van der Waals surface area (Å²) in [6.45, 7) is 1.63. The fraction of sp³-hybridized carbons (Fsp3) is 0.250. The van der Waals surface area contributed by atoms with Gasteiger partial charge in [-0.15, -0.1) is 0 Å². The molecule has 0 radical (unpaired) electrons. The zero-order valence-corrected chi connectivity index (χ0v) is 11.3. The van der Waals surface area contributed by atoms with E-state index in [4.69, 9.17) is 5.11 Å². The zero-order chi connectivity index (χ0) is 14.0. The number of nitrogens with zero attached hydrogens (tertiary/aromatic N) is 2. The number of fused-ring (bicyclic) bond motifs is 1. The number of amides is 2. The topological polar surface area (TPSA) is 82.5 Å². The van der Waals surface area contributed by atoms with E-state index in [1.807, 2.05) is 25.1 Å². The van der Waals surface area contributed by atoms with E-state index in [-0.39, 0.29) is 6.54 Å². The Morgan fingerprint density at radius 3 is 2.89 bits per heavy atom. The summed E-state index contributed by atoms with van der Waals surface area (Å²) in [5, 5.41) is 11.7. The quantitative estimate of drug-likeness (QED) is 0.902. The molecule has 0 aliphatic carbocycles. The molecule has 0 aliphatic heterocycles. The van der Waals surface area contributed by atoms with Crippen molar-refractivity contribution in [2.75, 3.05) is 18.9 Å². The molecule has 6 nitrogen and oxygen atoms in total. The van der Waals surface area contributed by atoms with Gasteiger partial charge in [0.15, 0.2) is 5.13 Å². The number of anilines is 1. The molecule has 2 aromatic rings. The number of urea groups is 1. The molecule has 0 unspecified atom stereocenters. The third-order valence-corrected chi connectivity index (χ3v) is 3.41. The monoisotopic (exact) mass is 279 g/mol. The van der Waals surface area contributed by atoms with Crippen molar-refractivity contribution < 1.29 is 14.7 Å². The molecule has 19 heavy (non-hydrogen) atoms. The molecule has 1 aromatic heterocycles. The number of aryl methyl sites for hydroxylation is 1. The summed E-state index contributed by atoms with van der Waals surface area (Å²) >= 11 is 1.36. The lowest BCUT2D eigenvalue weighted by Gasteiger charge is -2.13. The zero-order valence-electron chi connectivity index (χ0n) is 10.5. The number of carboxylic acid groups (broad SMARTS) is 1. The van der Waals surface area contributed by atoms with Crippen molar-refractivity contribution in [3.8, 4) is 0 Å². The summed E-state index contributed by atoms with van der Waals surface area (Å²) in [6, 6.07) is 5.34. The van der Waals surface area contributed by atoms with Crippen LogP contribution in [0.2, 0.25) is 0 Å². The fourth-order valence-corrected chi connectivity index (χ4v) is 2.50. The minimum atomic E-state index is -1.06. The molecule has 1 aromatic carbocycles. The molecular formula is C12H13N3O3S. The Bertz CT molecular complexity index is 638. The van der Waals surface area contributed by atoms with E-state index in [0.717, 1.165) is 20.7 Å². The van der Waals surface area contributed by atoms with E-state index in [1.54, 1.807) is 0 Å². The number of hydrogen-bond acceptors (Lipinski definition) is 4. The molecule has 0 bridgehead atoms. The van der Waals surface area contributed by atoms with Gasteiger partial charge in [0.1, 0.15) is 6.54 Å². The Kier molecular flexibility index (Phi) is 3.66. The number of aromatic nitrogens is 1. The number of benzene rings is 1. The highest BCUT2D eigenvalue weighted by Gasteiger charge is 2.14. The average molecular weight is 279 g/mol. The SMILES string of the molecule is Cc1ccc2nc(NC(=O)N(C)CC(=O)O)sc2c1. The molecule has 0 saturated heterocycles. The van der Waals surface area contributed by atoms with Crippen LogP contribution in [0, 0.1) is 6.92 Å². The lowest BCUT2D eigenvalue weighted by molar-refractivity contribution is -0.137. The minimum Gasteiger partial charge on any atom is -0.480 e. The van der Waals surface area contributed by atoms with Gasteiger partial charge < -0.3 is 10.0 Å². The average Bonchev–Trinajstić information content (AvgIpc) is 2.69. The van der Waals surface area contributed by atoms with E-state index in [9.17, 15) is 9.59 Å². The Balaban J connectivity index is 2.12. The molecule has 0 fully saturated rings.